The lowest BCUT2D eigenvalue weighted by Crippen LogP contribution is -2.38. The maximum atomic E-state index is 5.95. The molecule has 2 atom stereocenters. The van der Waals surface area contributed by atoms with E-state index in [1.807, 2.05) is 31.2 Å². The second kappa shape index (κ2) is 9.48. The molecule has 2 rings (SSSR count). The summed E-state index contributed by atoms with van der Waals surface area (Å²) in [5, 5.41) is 3.15. The third-order valence-corrected chi connectivity index (χ3v) is 4.38. The highest BCUT2D eigenvalue weighted by molar-refractivity contribution is 5.89. The van der Waals surface area contributed by atoms with E-state index in [1.165, 1.54) is 25.7 Å². The summed E-state index contributed by atoms with van der Waals surface area (Å²) in [6, 6.07) is 0. The molecule has 1 aliphatic carbocycles. The first kappa shape index (κ1) is 18.5. The zero-order valence-corrected chi connectivity index (χ0v) is 15.2. The zero-order chi connectivity index (χ0) is 17.4. The number of hydrogen-bond donors (Lipinski definition) is 2. The van der Waals surface area contributed by atoms with Crippen molar-refractivity contribution < 1.29 is 4.74 Å². The lowest BCUT2D eigenvalue weighted by molar-refractivity contribution is 0.188. The van der Waals surface area contributed by atoms with Gasteiger partial charge in [-0.2, -0.15) is 0 Å². The van der Waals surface area contributed by atoms with Crippen LogP contribution in [0.2, 0.25) is 0 Å². The van der Waals surface area contributed by atoms with E-state index in [2.05, 4.69) is 36.3 Å². The predicted molar refractivity (Wildman–Crippen MR) is 101 cm³/mol. The van der Waals surface area contributed by atoms with Gasteiger partial charge in [-0.05, 0) is 43.8 Å². The molecular weight excluding hydrogens is 298 g/mol. The molecule has 1 heterocycles. The van der Waals surface area contributed by atoms with Crippen LogP contribution in [-0.4, -0.2) is 18.8 Å². The minimum atomic E-state index is -0.453. The summed E-state index contributed by atoms with van der Waals surface area (Å²) in [6.45, 7) is 7.01. The molecule has 24 heavy (non-hydrogen) atoms. The first-order valence-corrected chi connectivity index (χ1v) is 8.99. The van der Waals surface area contributed by atoms with Crippen molar-refractivity contribution in [2.75, 3.05) is 6.61 Å². The van der Waals surface area contributed by atoms with Gasteiger partial charge in [0.2, 0.25) is 5.90 Å². The molecule has 2 unspecified atom stereocenters. The Morgan fingerprint density at radius 2 is 2.25 bits per heavy atom. The summed E-state index contributed by atoms with van der Waals surface area (Å²) in [4.78, 5) is 4.33. The van der Waals surface area contributed by atoms with Gasteiger partial charge < -0.3 is 10.1 Å². The van der Waals surface area contributed by atoms with E-state index in [1.54, 1.807) is 0 Å². The molecule has 4 nitrogen and oxygen atoms in total. The van der Waals surface area contributed by atoms with Crippen LogP contribution in [0.5, 0.6) is 0 Å². The summed E-state index contributed by atoms with van der Waals surface area (Å²) in [5.74, 6) is 2.08. The topological polar surface area (TPSA) is 59.6 Å². The fourth-order valence-corrected chi connectivity index (χ4v) is 2.92. The lowest BCUT2D eigenvalue weighted by Gasteiger charge is -2.28. The SMILES string of the molecule is C/C=C/C=C\C(C)=C\C1=CC(OCC(C)CC2CCC2)=NC(N)N1. The second-order valence-electron chi connectivity index (χ2n) is 6.88. The molecule has 1 saturated carbocycles. The standard InChI is InChI=1S/C20H31N3O/c1-4-5-6-8-15(2)12-18-13-19(23-20(21)22-18)24-14-16(3)11-17-9-7-10-17/h4-6,8,12-13,16-17,20,22H,7,9-11,14,21H2,1-3H3/b5-4+,8-6-,15-12+. The van der Waals surface area contributed by atoms with E-state index < -0.39 is 6.29 Å². The van der Waals surface area contributed by atoms with Crippen molar-refractivity contribution in [3.63, 3.8) is 0 Å². The first-order valence-electron chi connectivity index (χ1n) is 8.99. The average molecular weight is 329 g/mol. The number of ether oxygens (including phenoxy) is 1. The number of nitrogens with zero attached hydrogens (tertiary/aromatic N) is 1. The number of aliphatic imine (C=N–C) groups is 1. The molecule has 0 bridgehead atoms. The molecule has 0 amide bonds. The Balaban J connectivity index is 1.89. The molecule has 132 valence electrons. The smallest absolute Gasteiger partial charge is 0.213 e. The molecule has 1 fully saturated rings. The first-order chi connectivity index (χ1) is 11.6. The van der Waals surface area contributed by atoms with Gasteiger partial charge in [-0.15, -0.1) is 0 Å². The summed E-state index contributed by atoms with van der Waals surface area (Å²) in [6.07, 6.45) is 17.0. The van der Waals surface area contributed by atoms with E-state index >= 15 is 0 Å². The molecule has 0 aromatic carbocycles. The largest absolute Gasteiger partial charge is 0.477 e. The maximum Gasteiger partial charge on any atom is 0.213 e. The molecule has 0 radical (unpaired) electrons. The molecule has 4 heteroatoms. The summed E-state index contributed by atoms with van der Waals surface area (Å²) in [5.41, 5.74) is 8.02. The summed E-state index contributed by atoms with van der Waals surface area (Å²) < 4.78 is 5.89. The van der Waals surface area contributed by atoms with Gasteiger partial charge >= 0.3 is 0 Å². The number of nitrogens with one attached hydrogen (secondary N) is 1. The van der Waals surface area contributed by atoms with Gasteiger partial charge in [0.05, 0.1) is 6.61 Å². The molecular formula is C20H31N3O. The normalized spacial score (nSPS) is 23.7. The zero-order valence-electron chi connectivity index (χ0n) is 15.2. The Labute approximate surface area is 146 Å². The van der Waals surface area contributed by atoms with Gasteiger partial charge in [0.15, 0.2) is 6.29 Å². The van der Waals surface area contributed by atoms with Crippen LogP contribution in [0, 0.1) is 11.8 Å². The highest BCUT2D eigenvalue weighted by Gasteiger charge is 2.20. The molecule has 1 aliphatic heterocycles. The molecule has 0 aromatic rings. The maximum absolute atomic E-state index is 5.95. The Morgan fingerprint density at radius 1 is 1.46 bits per heavy atom. The van der Waals surface area contributed by atoms with Crippen molar-refractivity contribution >= 4 is 5.90 Å². The van der Waals surface area contributed by atoms with Crippen molar-refractivity contribution in [2.24, 2.45) is 22.6 Å². The van der Waals surface area contributed by atoms with Crippen molar-refractivity contribution in [3.05, 3.63) is 47.7 Å². The van der Waals surface area contributed by atoms with Crippen LogP contribution in [-0.2, 0) is 4.74 Å². The van der Waals surface area contributed by atoms with Crippen LogP contribution in [0.4, 0.5) is 0 Å². The Morgan fingerprint density at radius 3 is 2.92 bits per heavy atom. The van der Waals surface area contributed by atoms with Crippen LogP contribution in [0.15, 0.2) is 52.7 Å². The lowest BCUT2D eigenvalue weighted by atomic mass is 9.79. The van der Waals surface area contributed by atoms with E-state index in [0.717, 1.165) is 17.2 Å². The van der Waals surface area contributed by atoms with Crippen molar-refractivity contribution in [2.45, 2.75) is 52.7 Å². The summed E-state index contributed by atoms with van der Waals surface area (Å²) >= 11 is 0. The average Bonchev–Trinajstić information content (AvgIpc) is 2.48. The van der Waals surface area contributed by atoms with Crippen LogP contribution >= 0.6 is 0 Å². The highest BCUT2D eigenvalue weighted by Crippen LogP contribution is 2.32. The van der Waals surface area contributed by atoms with Crippen LogP contribution in [0.25, 0.3) is 0 Å². The van der Waals surface area contributed by atoms with E-state index in [9.17, 15) is 0 Å². The second-order valence-corrected chi connectivity index (χ2v) is 6.88. The van der Waals surface area contributed by atoms with Crippen LogP contribution in [0.3, 0.4) is 0 Å². The number of hydrogen-bond acceptors (Lipinski definition) is 4. The minimum Gasteiger partial charge on any atom is -0.477 e. The predicted octanol–water partition coefficient (Wildman–Crippen LogP) is 4.04. The quantitative estimate of drug-likeness (QED) is 0.693. The van der Waals surface area contributed by atoms with Gasteiger partial charge in [0, 0.05) is 11.8 Å². The van der Waals surface area contributed by atoms with Crippen molar-refractivity contribution in [1.29, 1.82) is 0 Å². The number of rotatable bonds is 7. The van der Waals surface area contributed by atoms with Crippen LogP contribution in [0.1, 0.15) is 46.5 Å². The summed E-state index contributed by atoms with van der Waals surface area (Å²) in [7, 11) is 0. The van der Waals surface area contributed by atoms with Gasteiger partial charge in [0.1, 0.15) is 0 Å². The molecule has 0 aromatic heterocycles. The monoisotopic (exact) mass is 329 g/mol. The molecule has 0 spiro atoms. The van der Waals surface area contributed by atoms with Gasteiger partial charge in [-0.25, -0.2) is 4.99 Å². The Kier molecular flexibility index (Phi) is 7.32. The van der Waals surface area contributed by atoms with Crippen molar-refractivity contribution in [3.8, 4) is 0 Å². The van der Waals surface area contributed by atoms with Gasteiger partial charge in [0.25, 0.3) is 0 Å². The fourth-order valence-electron chi connectivity index (χ4n) is 2.92. The third-order valence-electron chi connectivity index (χ3n) is 4.38. The third kappa shape index (κ3) is 6.36. The van der Waals surface area contributed by atoms with E-state index in [0.29, 0.717) is 18.4 Å². The highest BCUT2D eigenvalue weighted by atomic mass is 16.5. The Hall–Kier alpha value is -1.81. The van der Waals surface area contributed by atoms with Gasteiger partial charge in [-0.3, -0.25) is 5.73 Å². The van der Waals surface area contributed by atoms with Crippen molar-refractivity contribution in [1.82, 2.24) is 5.32 Å². The number of nitrogens with two attached hydrogens (primary N) is 1. The van der Waals surface area contributed by atoms with E-state index in [4.69, 9.17) is 10.5 Å². The van der Waals surface area contributed by atoms with Crippen LogP contribution < -0.4 is 11.1 Å². The van der Waals surface area contributed by atoms with Gasteiger partial charge in [-0.1, -0.05) is 50.5 Å². The molecule has 2 aliphatic rings. The number of allylic oxidation sites excluding steroid dienone is 6. The minimum absolute atomic E-state index is 0.453. The Bertz CT molecular complexity index is 553. The van der Waals surface area contributed by atoms with E-state index in [-0.39, 0.29) is 0 Å². The molecule has 0 saturated heterocycles. The fraction of sp³-hybridized carbons (Fsp3) is 0.550. The molecule has 3 N–H and O–H groups in total.